The summed E-state index contributed by atoms with van der Waals surface area (Å²) in [5.41, 5.74) is 4.01. The number of carbonyl (C=O) groups excluding carboxylic acids is 1. The van der Waals surface area contributed by atoms with E-state index in [9.17, 15) is 4.79 Å². The summed E-state index contributed by atoms with van der Waals surface area (Å²) in [4.78, 5) is 21.4. The Balaban J connectivity index is 1.68. The fourth-order valence-electron chi connectivity index (χ4n) is 3.71. The standard InChI is InChI=1S/C24H28N2O2S2/c1-15(2)29-20-11-9-18(10-12-20)23(27)26(14-19-6-5-13-28-19)24-25-21-16(3)7-8-17(4)22(21)30-24/h7-12,15,19H,5-6,13-14H2,1-4H3. The van der Waals surface area contributed by atoms with Crippen molar-refractivity contribution >= 4 is 44.4 Å². The summed E-state index contributed by atoms with van der Waals surface area (Å²) in [5.74, 6) is -0.0130. The van der Waals surface area contributed by atoms with Crippen LogP contribution >= 0.6 is 23.1 Å². The Labute approximate surface area is 186 Å². The number of thiazole rings is 1. The van der Waals surface area contributed by atoms with Crippen molar-refractivity contribution < 1.29 is 9.53 Å². The highest BCUT2D eigenvalue weighted by Crippen LogP contribution is 2.34. The van der Waals surface area contributed by atoms with Gasteiger partial charge in [-0.05, 0) is 62.1 Å². The number of anilines is 1. The molecule has 1 aromatic heterocycles. The second kappa shape index (κ2) is 9.08. The smallest absolute Gasteiger partial charge is 0.260 e. The lowest BCUT2D eigenvalue weighted by Crippen LogP contribution is -2.37. The molecule has 1 fully saturated rings. The number of hydrogen-bond donors (Lipinski definition) is 0. The van der Waals surface area contributed by atoms with Gasteiger partial charge in [0.25, 0.3) is 5.91 Å². The molecule has 4 nitrogen and oxygen atoms in total. The number of rotatable bonds is 6. The van der Waals surface area contributed by atoms with E-state index >= 15 is 0 Å². The predicted octanol–water partition coefficient (Wildman–Crippen LogP) is 6.24. The molecule has 0 radical (unpaired) electrons. The third kappa shape index (κ3) is 4.56. The summed E-state index contributed by atoms with van der Waals surface area (Å²) in [6.07, 6.45) is 2.10. The first-order valence-electron chi connectivity index (χ1n) is 10.5. The van der Waals surface area contributed by atoms with Crippen LogP contribution in [0.3, 0.4) is 0 Å². The molecule has 1 aliphatic rings. The average molecular weight is 441 g/mol. The van der Waals surface area contributed by atoms with Gasteiger partial charge >= 0.3 is 0 Å². The number of aryl methyl sites for hydroxylation is 2. The van der Waals surface area contributed by atoms with Crippen LogP contribution in [-0.4, -0.2) is 35.4 Å². The van der Waals surface area contributed by atoms with E-state index in [0.29, 0.717) is 17.4 Å². The molecule has 3 aromatic rings. The first-order chi connectivity index (χ1) is 14.4. The molecule has 2 heterocycles. The van der Waals surface area contributed by atoms with Crippen molar-refractivity contribution in [2.45, 2.75) is 56.8 Å². The van der Waals surface area contributed by atoms with E-state index in [2.05, 4.69) is 39.8 Å². The van der Waals surface area contributed by atoms with Crippen LogP contribution in [0.2, 0.25) is 0 Å². The highest BCUT2D eigenvalue weighted by atomic mass is 32.2. The molecular weight excluding hydrogens is 412 g/mol. The summed E-state index contributed by atoms with van der Waals surface area (Å²) < 4.78 is 7.01. The van der Waals surface area contributed by atoms with Crippen LogP contribution in [0.4, 0.5) is 5.13 Å². The molecule has 1 atom stereocenters. The van der Waals surface area contributed by atoms with Crippen molar-refractivity contribution in [3.8, 4) is 0 Å². The quantitative estimate of drug-likeness (QED) is 0.426. The second-order valence-corrected chi connectivity index (χ2v) is 10.7. The summed E-state index contributed by atoms with van der Waals surface area (Å²) >= 11 is 3.40. The lowest BCUT2D eigenvalue weighted by atomic mass is 10.1. The van der Waals surface area contributed by atoms with Gasteiger partial charge in [0, 0.05) is 22.3 Å². The number of ether oxygens (including phenoxy) is 1. The molecule has 2 aromatic carbocycles. The normalized spacial score (nSPS) is 16.5. The Hall–Kier alpha value is -1.89. The number of benzene rings is 2. The minimum Gasteiger partial charge on any atom is -0.376 e. The predicted molar refractivity (Wildman–Crippen MR) is 127 cm³/mol. The minimum absolute atomic E-state index is 0.0130. The zero-order chi connectivity index (χ0) is 21.3. The van der Waals surface area contributed by atoms with Gasteiger partial charge in [-0.15, -0.1) is 11.8 Å². The van der Waals surface area contributed by atoms with Crippen molar-refractivity contribution in [2.24, 2.45) is 0 Å². The van der Waals surface area contributed by atoms with E-state index in [4.69, 9.17) is 9.72 Å². The topological polar surface area (TPSA) is 42.4 Å². The molecule has 1 amide bonds. The van der Waals surface area contributed by atoms with Crippen LogP contribution in [0.25, 0.3) is 10.2 Å². The van der Waals surface area contributed by atoms with Crippen LogP contribution in [0.1, 0.15) is 48.2 Å². The zero-order valence-electron chi connectivity index (χ0n) is 18.0. The zero-order valence-corrected chi connectivity index (χ0v) is 19.6. The number of nitrogens with zero attached hydrogens (tertiary/aromatic N) is 2. The van der Waals surface area contributed by atoms with Gasteiger partial charge in [0.2, 0.25) is 0 Å². The van der Waals surface area contributed by atoms with Crippen molar-refractivity contribution in [1.82, 2.24) is 4.98 Å². The van der Waals surface area contributed by atoms with Gasteiger partial charge in [0.05, 0.1) is 22.9 Å². The first kappa shape index (κ1) is 21.3. The van der Waals surface area contributed by atoms with E-state index < -0.39 is 0 Å². The lowest BCUT2D eigenvalue weighted by Gasteiger charge is -2.23. The van der Waals surface area contributed by atoms with Crippen LogP contribution in [0, 0.1) is 13.8 Å². The van der Waals surface area contributed by atoms with Crippen molar-refractivity contribution in [3.63, 3.8) is 0 Å². The van der Waals surface area contributed by atoms with Crippen molar-refractivity contribution in [1.29, 1.82) is 0 Å². The Morgan fingerprint density at radius 3 is 2.57 bits per heavy atom. The van der Waals surface area contributed by atoms with E-state index in [1.54, 1.807) is 23.1 Å². The molecule has 6 heteroatoms. The lowest BCUT2D eigenvalue weighted by molar-refractivity contribution is 0.0917. The Bertz CT molecular complexity index is 998. The van der Waals surface area contributed by atoms with Gasteiger partial charge < -0.3 is 4.74 Å². The molecule has 0 aliphatic carbocycles. The fraction of sp³-hybridized carbons (Fsp3) is 0.417. The Kier molecular flexibility index (Phi) is 6.46. The molecule has 30 heavy (non-hydrogen) atoms. The molecule has 1 aliphatic heterocycles. The fourth-order valence-corrected chi connectivity index (χ4v) is 5.66. The second-order valence-electron chi connectivity index (χ2n) is 8.12. The Morgan fingerprint density at radius 1 is 1.20 bits per heavy atom. The minimum atomic E-state index is -0.0130. The number of fused-ring (bicyclic) bond motifs is 1. The Morgan fingerprint density at radius 2 is 1.93 bits per heavy atom. The molecule has 0 spiro atoms. The van der Waals surface area contributed by atoms with E-state index in [1.165, 1.54) is 10.5 Å². The summed E-state index contributed by atoms with van der Waals surface area (Å²) in [7, 11) is 0. The number of amides is 1. The van der Waals surface area contributed by atoms with Gasteiger partial charge in [-0.3, -0.25) is 9.69 Å². The van der Waals surface area contributed by atoms with E-state index in [0.717, 1.165) is 40.4 Å². The summed E-state index contributed by atoms with van der Waals surface area (Å²) in [6.45, 7) is 9.82. The van der Waals surface area contributed by atoms with E-state index in [-0.39, 0.29) is 12.0 Å². The monoisotopic (exact) mass is 440 g/mol. The van der Waals surface area contributed by atoms with E-state index in [1.807, 2.05) is 29.2 Å². The molecule has 0 bridgehead atoms. The van der Waals surface area contributed by atoms with Crippen LogP contribution in [0.15, 0.2) is 41.3 Å². The van der Waals surface area contributed by atoms with Gasteiger partial charge in [-0.2, -0.15) is 0 Å². The number of carbonyl (C=O) groups is 1. The molecule has 158 valence electrons. The van der Waals surface area contributed by atoms with Gasteiger partial charge in [0.15, 0.2) is 5.13 Å². The first-order valence-corrected chi connectivity index (χ1v) is 12.2. The third-order valence-corrected chi connectivity index (χ3v) is 7.52. The summed E-state index contributed by atoms with van der Waals surface area (Å²) in [5, 5.41) is 1.26. The highest BCUT2D eigenvalue weighted by Gasteiger charge is 2.27. The number of aromatic nitrogens is 1. The summed E-state index contributed by atoms with van der Waals surface area (Å²) in [6, 6.07) is 12.2. The number of hydrogen-bond acceptors (Lipinski definition) is 5. The average Bonchev–Trinajstić information content (AvgIpc) is 3.39. The number of thioether (sulfide) groups is 1. The SMILES string of the molecule is Cc1ccc(C)c2sc(N(CC3CCCO3)C(=O)c3ccc(SC(C)C)cc3)nc12. The maximum absolute atomic E-state index is 13.5. The molecule has 1 saturated heterocycles. The molecule has 1 unspecified atom stereocenters. The van der Waals surface area contributed by atoms with Crippen molar-refractivity contribution in [3.05, 3.63) is 53.1 Å². The largest absolute Gasteiger partial charge is 0.376 e. The molecule has 0 saturated carbocycles. The van der Waals surface area contributed by atoms with Crippen molar-refractivity contribution in [2.75, 3.05) is 18.1 Å². The highest BCUT2D eigenvalue weighted by molar-refractivity contribution is 7.99. The maximum atomic E-state index is 13.5. The van der Waals surface area contributed by atoms with Gasteiger partial charge in [0.1, 0.15) is 0 Å². The maximum Gasteiger partial charge on any atom is 0.260 e. The molecule has 0 N–H and O–H groups in total. The van der Waals surface area contributed by atoms with Crippen LogP contribution in [-0.2, 0) is 4.74 Å². The van der Waals surface area contributed by atoms with Gasteiger partial charge in [-0.1, -0.05) is 37.3 Å². The molecular formula is C24H28N2O2S2. The van der Waals surface area contributed by atoms with Gasteiger partial charge in [-0.25, -0.2) is 4.98 Å². The molecule has 4 rings (SSSR count). The van der Waals surface area contributed by atoms with Crippen LogP contribution in [0.5, 0.6) is 0 Å². The third-order valence-electron chi connectivity index (χ3n) is 5.29. The van der Waals surface area contributed by atoms with Crippen LogP contribution < -0.4 is 4.90 Å².